The molecule has 7 nitrogen and oxygen atoms in total. The Morgan fingerprint density at radius 1 is 1.00 bits per heavy atom. The molecule has 1 aliphatic carbocycles. The SMILES string of the molecule is O=C1CCC(N2Cc3c(ccc(Cl)c3OCc3ccc(CN4CCOCC4)cc3)C2=O)C(=O)C1. The molecule has 2 fully saturated rings. The number of hydrogen-bond donors (Lipinski definition) is 0. The molecule has 1 saturated heterocycles. The number of ether oxygens (including phenoxy) is 2. The van der Waals surface area contributed by atoms with Crippen molar-refractivity contribution in [2.24, 2.45) is 0 Å². The van der Waals surface area contributed by atoms with Crippen LogP contribution in [0.4, 0.5) is 0 Å². The standard InChI is InChI=1S/C26H27ClN2O5/c27-22-7-6-20-21(15-29(26(20)32)23-8-5-19(30)13-24(23)31)25(22)34-16-18-3-1-17(2-4-18)14-28-9-11-33-12-10-28/h1-4,6-7,23H,5,8-16H2. The van der Waals surface area contributed by atoms with Crippen molar-refractivity contribution in [1.29, 1.82) is 0 Å². The van der Waals surface area contributed by atoms with Crippen molar-refractivity contribution in [3.8, 4) is 5.75 Å². The van der Waals surface area contributed by atoms with Crippen LogP contribution in [0, 0.1) is 0 Å². The van der Waals surface area contributed by atoms with Crippen molar-refractivity contribution in [2.45, 2.75) is 45.0 Å². The number of hydrogen-bond acceptors (Lipinski definition) is 6. The monoisotopic (exact) mass is 482 g/mol. The fraction of sp³-hybridized carbons (Fsp3) is 0.423. The molecule has 1 unspecified atom stereocenters. The Hall–Kier alpha value is -2.74. The van der Waals surface area contributed by atoms with Gasteiger partial charge in [-0.05, 0) is 29.7 Å². The Balaban J connectivity index is 1.27. The molecule has 2 aromatic carbocycles. The number of carbonyl (C=O) groups is 3. The molecule has 1 saturated carbocycles. The average molecular weight is 483 g/mol. The molecular formula is C26H27ClN2O5. The van der Waals surface area contributed by atoms with E-state index in [0.717, 1.165) is 38.4 Å². The van der Waals surface area contributed by atoms with Crippen molar-refractivity contribution in [2.75, 3.05) is 26.3 Å². The maximum absolute atomic E-state index is 13.0. The first kappa shape index (κ1) is 23.0. The van der Waals surface area contributed by atoms with Crippen molar-refractivity contribution in [3.63, 3.8) is 0 Å². The third-order valence-corrected chi connectivity index (χ3v) is 7.06. The van der Waals surface area contributed by atoms with Gasteiger partial charge in [0.15, 0.2) is 5.78 Å². The van der Waals surface area contributed by atoms with Gasteiger partial charge in [0.2, 0.25) is 0 Å². The fourth-order valence-corrected chi connectivity index (χ4v) is 5.10. The molecule has 178 valence electrons. The number of fused-ring (bicyclic) bond motifs is 1. The van der Waals surface area contributed by atoms with Crippen molar-refractivity contribution in [1.82, 2.24) is 9.80 Å². The van der Waals surface area contributed by atoms with Gasteiger partial charge in [-0.15, -0.1) is 0 Å². The van der Waals surface area contributed by atoms with E-state index < -0.39 is 6.04 Å². The second-order valence-electron chi connectivity index (χ2n) is 9.07. The van der Waals surface area contributed by atoms with Crippen LogP contribution in [0.2, 0.25) is 5.02 Å². The van der Waals surface area contributed by atoms with Gasteiger partial charge in [0.05, 0.1) is 37.2 Å². The predicted octanol–water partition coefficient (Wildman–Crippen LogP) is 3.40. The Bertz CT molecular complexity index is 1110. The maximum atomic E-state index is 13.0. The summed E-state index contributed by atoms with van der Waals surface area (Å²) >= 11 is 6.45. The Morgan fingerprint density at radius 2 is 1.74 bits per heavy atom. The molecular weight excluding hydrogens is 456 g/mol. The first-order valence-electron chi connectivity index (χ1n) is 11.7. The number of nitrogens with zero attached hydrogens (tertiary/aromatic N) is 2. The second-order valence-corrected chi connectivity index (χ2v) is 9.47. The third-order valence-electron chi connectivity index (χ3n) is 6.76. The quantitative estimate of drug-likeness (QED) is 0.587. The molecule has 2 aromatic rings. The molecule has 0 radical (unpaired) electrons. The van der Waals surface area contributed by atoms with Crippen LogP contribution in [-0.2, 0) is 34.0 Å². The van der Waals surface area contributed by atoms with Crippen LogP contribution >= 0.6 is 11.6 Å². The molecule has 34 heavy (non-hydrogen) atoms. The molecule has 0 aromatic heterocycles. The minimum atomic E-state index is -0.566. The molecule has 2 aliphatic heterocycles. The van der Waals surface area contributed by atoms with E-state index in [9.17, 15) is 14.4 Å². The summed E-state index contributed by atoms with van der Waals surface area (Å²) in [4.78, 5) is 41.0. The van der Waals surface area contributed by atoms with E-state index in [1.165, 1.54) is 5.56 Å². The number of Topliss-reactive ketones (excluding diaryl/α,β-unsaturated/α-hetero) is 2. The number of carbonyl (C=O) groups excluding carboxylic acids is 3. The molecule has 0 spiro atoms. The zero-order valence-electron chi connectivity index (χ0n) is 18.9. The minimum Gasteiger partial charge on any atom is -0.487 e. The van der Waals surface area contributed by atoms with Crippen LogP contribution in [0.1, 0.15) is 46.3 Å². The van der Waals surface area contributed by atoms with Gasteiger partial charge >= 0.3 is 0 Å². The van der Waals surface area contributed by atoms with E-state index in [1.807, 2.05) is 12.1 Å². The van der Waals surface area contributed by atoms with Crippen LogP contribution < -0.4 is 4.74 Å². The summed E-state index contributed by atoms with van der Waals surface area (Å²) in [5.41, 5.74) is 3.44. The summed E-state index contributed by atoms with van der Waals surface area (Å²) < 4.78 is 11.5. The third kappa shape index (κ3) is 4.73. The molecule has 8 heteroatoms. The van der Waals surface area contributed by atoms with Crippen molar-refractivity contribution in [3.05, 3.63) is 63.7 Å². The van der Waals surface area contributed by atoms with Crippen LogP contribution in [0.5, 0.6) is 5.75 Å². The summed E-state index contributed by atoms with van der Waals surface area (Å²) in [5, 5.41) is 0.433. The van der Waals surface area contributed by atoms with E-state index in [-0.39, 0.29) is 30.4 Å². The molecule has 1 amide bonds. The Labute approximate surface area is 203 Å². The van der Waals surface area contributed by atoms with Crippen LogP contribution in [-0.4, -0.2) is 59.6 Å². The first-order valence-corrected chi connectivity index (χ1v) is 12.0. The molecule has 1 atom stereocenters. The van der Waals surface area contributed by atoms with Gasteiger partial charge in [-0.1, -0.05) is 35.9 Å². The van der Waals surface area contributed by atoms with Gasteiger partial charge in [0.25, 0.3) is 5.91 Å². The number of halogens is 1. The van der Waals surface area contributed by atoms with E-state index in [4.69, 9.17) is 21.1 Å². The van der Waals surface area contributed by atoms with Crippen LogP contribution in [0.3, 0.4) is 0 Å². The van der Waals surface area contributed by atoms with Gasteiger partial charge < -0.3 is 14.4 Å². The zero-order chi connectivity index (χ0) is 23.7. The Morgan fingerprint density at radius 3 is 2.47 bits per heavy atom. The van der Waals surface area contributed by atoms with Gasteiger partial charge in [-0.25, -0.2) is 0 Å². The smallest absolute Gasteiger partial charge is 0.255 e. The van der Waals surface area contributed by atoms with Crippen LogP contribution in [0.25, 0.3) is 0 Å². The summed E-state index contributed by atoms with van der Waals surface area (Å²) in [6.07, 6.45) is 0.594. The van der Waals surface area contributed by atoms with Crippen molar-refractivity contribution < 1.29 is 23.9 Å². The zero-order valence-corrected chi connectivity index (χ0v) is 19.7. The lowest BCUT2D eigenvalue weighted by Gasteiger charge is -2.29. The number of rotatable bonds is 6. The fourth-order valence-electron chi connectivity index (χ4n) is 4.86. The molecule has 2 heterocycles. The van der Waals surface area contributed by atoms with Crippen LogP contribution in [0.15, 0.2) is 36.4 Å². The highest BCUT2D eigenvalue weighted by molar-refractivity contribution is 6.32. The molecule has 0 bridgehead atoms. The number of benzene rings is 2. The van der Waals surface area contributed by atoms with E-state index >= 15 is 0 Å². The highest BCUT2D eigenvalue weighted by Gasteiger charge is 2.40. The largest absolute Gasteiger partial charge is 0.487 e. The first-order chi connectivity index (χ1) is 16.5. The normalized spacial score (nSPS) is 21.1. The summed E-state index contributed by atoms with van der Waals surface area (Å²) in [7, 11) is 0. The highest BCUT2D eigenvalue weighted by Crippen LogP contribution is 2.39. The second kappa shape index (κ2) is 9.86. The van der Waals surface area contributed by atoms with Gasteiger partial charge in [-0.2, -0.15) is 0 Å². The molecule has 3 aliphatic rings. The average Bonchev–Trinajstić information content (AvgIpc) is 3.16. The molecule has 0 N–H and O–H groups in total. The van der Waals surface area contributed by atoms with Gasteiger partial charge in [-0.3, -0.25) is 19.3 Å². The number of amides is 1. The van der Waals surface area contributed by atoms with E-state index in [1.54, 1.807) is 17.0 Å². The lowest BCUT2D eigenvalue weighted by atomic mass is 9.92. The highest BCUT2D eigenvalue weighted by atomic mass is 35.5. The summed E-state index contributed by atoms with van der Waals surface area (Å²) in [6.45, 7) is 4.92. The van der Waals surface area contributed by atoms with Crippen molar-refractivity contribution >= 4 is 29.1 Å². The number of ketones is 2. The van der Waals surface area contributed by atoms with Gasteiger partial charge in [0, 0.05) is 37.2 Å². The van der Waals surface area contributed by atoms with E-state index in [2.05, 4.69) is 17.0 Å². The summed E-state index contributed by atoms with van der Waals surface area (Å²) in [6, 6.07) is 11.1. The molecule has 5 rings (SSSR count). The maximum Gasteiger partial charge on any atom is 0.255 e. The predicted molar refractivity (Wildman–Crippen MR) is 126 cm³/mol. The minimum absolute atomic E-state index is 0.0616. The Kier molecular flexibility index (Phi) is 6.68. The summed E-state index contributed by atoms with van der Waals surface area (Å²) in [5.74, 6) is 0.0139. The number of morpholine rings is 1. The van der Waals surface area contributed by atoms with Gasteiger partial charge in [0.1, 0.15) is 18.1 Å². The van der Waals surface area contributed by atoms with E-state index in [0.29, 0.717) is 41.3 Å². The lowest BCUT2D eigenvalue weighted by molar-refractivity contribution is -0.133. The lowest BCUT2D eigenvalue weighted by Crippen LogP contribution is -2.44. The topological polar surface area (TPSA) is 76.2 Å².